The van der Waals surface area contributed by atoms with Crippen molar-refractivity contribution in [3.63, 3.8) is 0 Å². The molecule has 0 spiro atoms. The van der Waals surface area contributed by atoms with E-state index >= 15 is 0 Å². The predicted molar refractivity (Wildman–Crippen MR) is 92.4 cm³/mol. The zero-order chi connectivity index (χ0) is 17.0. The second-order valence-electron chi connectivity index (χ2n) is 6.63. The van der Waals surface area contributed by atoms with Crippen LogP contribution in [-0.2, 0) is 11.2 Å². The second kappa shape index (κ2) is 7.59. The summed E-state index contributed by atoms with van der Waals surface area (Å²) in [6, 6.07) is 4.15. The summed E-state index contributed by atoms with van der Waals surface area (Å²) in [6.07, 6.45) is 1.14. The highest BCUT2D eigenvalue weighted by Crippen LogP contribution is 2.19. The molecule has 0 saturated heterocycles. The molecule has 0 fully saturated rings. The molecule has 0 aliphatic rings. The standard InChI is InChI=1S/C18H27N3O2/c1-11(2)10-15(22)18(23)19-9-5-6-16-20-14-8-7-12(3)13(4)17(14)21-16/h7-8,11,15,22H,5-6,9-10H2,1-4H3,(H,19,23)(H,20,21)/t15-/m0/s1. The zero-order valence-electron chi connectivity index (χ0n) is 14.4. The van der Waals surface area contributed by atoms with Gasteiger partial charge in [-0.3, -0.25) is 4.79 Å². The van der Waals surface area contributed by atoms with Crippen LogP contribution in [0.2, 0.25) is 0 Å². The van der Waals surface area contributed by atoms with Crippen LogP contribution in [0.15, 0.2) is 12.1 Å². The Morgan fingerprint density at radius 1 is 1.35 bits per heavy atom. The normalized spacial score (nSPS) is 12.8. The average Bonchev–Trinajstić information content (AvgIpc) is 2.90. The molecule has 5 heteroatoms. The van der Waals surface area contributed by atoms with Gasteiger partial charge in [0.05, 0.1) is 11.0 Å². The summed E-state index contributed by atoms with van der Waals surface area (Å²) in [5, 5.41) is 12.5. The first-order chi connectivity index (χ1) is 10.9. The molecule has 1 aromatic heterocycles. The Labute approximate surface area is 137 Å². The molecule has 2 rings (SSSR count). The lowest BCUT2D eigenvalue weighted by Gasteiger charge is -2.12. The van der Waals surface area contributed by atoms with E-state index in [2.05, 4.69) is 41.3 Å². The highest BCUT2D eigenvalue weighted by Gasteiger charge is 2.15. The molecule has 0 saturated carbocycles. The Morgan fingerprint density at radius 3 is 2.78 bits per heavy atom. The summed E-state index contributed by atoms with van der Waals surface area (Å²) in [4.78, 5) is 19.7. The number of carbonyl (C=O) groups excluding carboxylic acids is 1. The van der Waals surface area contributed by atoms with Crippen molar-refractivity contribution in [2.45, 2.75) is 53.1 Å². The fourth-order valence-corrected chi connectivity index (χ4v) is 2.62. The number of imidazole rings is 1. The van der Waals surface area contributed by atoms with Gasteiger partial charge < -0.3 is 15.4 Å². The number of aromatic nitrogens is 2. The van der Waals surface area contributed by atoms with Gasteiger partial charge in [0.25, 0.3) is 0 Å². The summed E-state index contributed by atoms with van der Waals surface area (Å²) in [5.41, 5.74) is 4.52. The molecular formula is C18H27N3O2. The van der Waals surface area contributed by atoms with Gasteiger partial charge in [-0.05, 0) is 49.8 Å². The molecule has 1 aromatic carbocycles. The number of aryl methyl sites for hydroxylation is 3. The average molecular weight is 317 g/mol. The number of rotatable bonds is 7. The highest BCUT2D eigenvalue weighted by atomic mass is 16.3. The zero-order valence-corrected chi connectivity index (χ0v) is 14.4. The molecule has 1 atom stereocenters. The van der Waals surface area contributed by atoms with E-state index in [1.54, 1.807) is 0 Å². The van der Waals surface area contributed by atoms with Gasteiger partial charge in [0.1, 0.15) is 11.9 Å². The molecule has 0 aliphatic heterocycles. The van der Waals surface area contributed by atoms with Gasteiger partial charge in [0.15, 0.2) is 0 Å². The maximum absolute atomic E-state index is 11.7. The third-order valence-corrected chi connectivity index (χ3v) is 4.11. The van der Waals surface area contributed by atoms with E-state index < -0.39 is 6.10 Å². The quantitative estimate of drug-likeness (QED) is 0.687. The first kappa shape index (κ1) is 17.5. The SMILES string of the molecule is Cc1ccc2[nH]c(CCCNC(=O)[C@@H](O)CC(C)C)nc2c1C. The molecule has 0 unspecified atom stereocenters. The Bertz CT molecular complexity index is 676. The van der Waals surface area contributed by atoms with Crippen LogP contribution < -0.4 is 5.32 Å². The first-order valence-electron chi connectivity index (χ1n) is 8.29. The van der Waals surface area contributed by atoms with Crippen molar-refractivity contribution in [3.05, 3.63) is 29.1 Å². The van der Waals surface area contributed by atoms with Gasteiger partial charge in [0.2, 0.25) is 5.91 Å². The van der Waals surface area contributed by atoms with Crippen molar-refractivity contribution >= 4 is 16.9 Å². The maximum atomic E-state index is 11.7. The number of fused-ring (bicyclic) bond motifs is 1. The molecule has 3 N–H and O–H groups in total. The minimum atomic E-state index is -0.910. The molecule has 23 heavy (non-hydrogen) atoms. The predicted octanol–water partition coefficient (Wildman–Crippen LogP) is 2.64. The fourth-order valence-electron chi connectivity index (χ4n) is 2.62. The Balaban J connectivity index is 1.83. The third kappa shape index (κ3) is 4.55. The Hall–Kier alpha value is -1.88. The number of aliphatic hydroxyl groups is 1. The van der Waals surface area contributed by atoms with Crippen molar-refractivity contribution in [2.75, 3.05) is 6.54 Å². The summed E-state index contributed by atoms with van der Waals surface area (Å²) < 4.78 is 0. The van der Waals surface area contributed by atoms with Crippen LogP contribution in [0, 0.1) is 19.8 Å². The number of aromatic amines is 1. The highest BCUT2D eigenvalue weighted by molar-refractivity contribution is 5.80. The summed E-state index contributed by atoms with van der Waals surface area (Å²) >= 11 is 0. The molecule has 1 amide bonds. The largest absolute Gasteiger partial charge is 0.383 e. The lowest BCUT2D eigenvalue weighted by Crippen LogP contribution is -2.36. The third-order valence-electron chi connectivity index (χ3n) is 4.11. The molecule has 5 nitrogen and oxygen atoms in total. The molecule has 126 valence electrons. The number of carbonyl (C=O) groups is 1. The molecule has 0 bridgehead atoms. The van der Waals surface area contributed by atoms with E-state index in [0.717, 1.165) is 29.7 Å². The van der Waals surface area contributed by atoms with Crippen molar-refractivity contribution in [2.24, 2.45) is 5.92 Å². The number of amides is 1. The second-order valence-corrected chi connectivity index (χ2v) is 6.63. The van der Waals surface area contributed by atoms with Crippen LogP contribution in [0.25, 0.3) is 11.0 Å². The van der Waals surface area contributed by atoms with Crippen LogP contribution in [0.4, 0.5) is 0 Å². The van der Waals surface area contributed by atoms with Gasteiger partial charge in [-0.15, -0.1) is 0 Å². The van der Waals surface area contributed by atoms with E-state index in [1.165, 1.54) is 11.1 Å². The monoisotopic (exact) mass is 317 g/mol. The molecule has 0 radical (unpaired) electrons. The van der Waals surface area contributed by atoms with Crippen LogP contribution in [-0.4, -0.2) is 33.6 Å². The van der Waals surface area contributed by atoms with Gasteiger partial charge in [-0.1, -0.05) is 19.9 Å². The van der Waals surface area contributed by atoms with E-state index in [0.29, 0.717) is 18.9 Å². The minimum Gasteiger partial charge on any atom is -0.383 e. The number of nitrogens with zero attached hydrogens (tertiary/aromatic N) is 1. The van der Waals surface area contributed by atoms with Gasteiger partial charge in [0, 0.05) is 13.0 Å². The Kier molecular flexibility index (Phi) is 5.77. The lowest BCUT2D eigenvalue weighted by molar-refractivity contribution is -0.130. The lowest BCUT2D eigenvalue weighted by atomic mass is 10.1. The molecule has 0 aliphatic carbocycles. The van der Waals surface area contributed by atoms with Crippen molar-refractivity contribution in [1.29, 1.82) is 0 Å². The molecule has 1 heterocycles. The number of hydrogen-bond acceptors (Lipinski definition) is 3. The molecule has 2 aromatic rings. The number of hydrogen-bond donors (Lipinski definition) is 3. The molecular weight excluding hydrogens is 290 g/mol. The summed E-state index contributed by atoms with van der Waals surface area (Å²) in [5.74, 6) is 0.957. The van der Waals surface area contributed by atoms with E-state index in [9.17, 15) is 9.90 Å². The Morgan fingerprint density at radius 2 is 2.09 bits per heavy atom. The van der Waals surface area contributed by atoms with Gasteiger partial charge >= 0.3 is 0 Å². The van der Waals surface area contributed by atoms with E-state index in [1.807, 2.05) is 13.8 Å². The van der Waals surface area contributed by atoms with Crippen LogP contribution >= 0.6 is 0 Å². The van der Waals surface area contributed by atoms with Crippen LogP contribution in [0.3, 0.4) is 0 Å². The smallest absolute Gasteiger partial charge is 0.248 e. The van der Waals surface area contributed by atoms with Crippen molar-refractivity contribution in [3.8, 4) is 0 Å². The van der Waals surface area contributed by atoms with Crippen molar-refractivity contribution < 1.29 is 9.90 Å². The van der Waals surface area contributed by atoms with E-state index in [-0.39, 0.29) is 5.91 Å². The number of nitrogens with one attached hydrogen (secondary N) is 2. The van der Waals surface area contributed by atoms with Crippen LogP contribution in [0.1, 0.15) is 43.6 Å². The maximum Gasteiger partial charge on any atom is 0.248 e. The number of aliphatic hydroxyl groups excluding tert-OH is 1. The summed E-state index contributed by atoms with van der Waals surface area (Å²) in [6.45, 7) is 8.69. The van der Waals surface area contributed by atoms with Gasteiger partial charge in [-0.2, -0.15) is 0 Å². The van der Waals surface area contributed by atoms with Crippen molar-refractivity contribution in [1.82, 2.24) is 15.3 Å². The topological polar surface area (TPSA) is 78.0 Å². The minimum absolute atomic E-state index is 0.283. The first-order valence-corrected chi connectivity index (χ1v) is 8.29. The number of H-pyrrole nitrogens is 1. The number of benzene rings is 1. The summed E-state index contributed by atoms with van der Waals surface area (Å²) in [7, 11) is 0. The fraction of sp³-hybridized carbons (Fsp3) is 0.556. The van der Waals surface area contributed by atoms with E-state index in [4.69, 9.17) is 0 Å². The van der Waals surface area contributed by atoms with Crippen LogP contribution in [0.5, 0.6) is 0 Å². The van der Waals surface area contributed by atoms with Gasteiger partial charge in [-0.25, -0.2) is 4.98 Å².